The number of nitrogens with one attached hydrogen (secondary N) is 1. The number of carbonyl (C=O) groups is 1. The van der Waals surface area contributed by atoms with E-state index in [2.05, 4.69) is 10.3 Å². The van der Waals surface area contributed by atoms with Gasteiger partial charge in [0.15, 0.2) is 0 Å². The van der Waals surface area contributed by atoms with Gasteiger partial charge in [-0.05, 0) is 13.0 Å². The molecule has 5 nitrogen and oxygen atoms in total. The molecule has 1 aromatic rings. The van der Waals surface area contributed by atoms with Crippen molar-refractivity contribution in [3.8, 4) is 5.75 Å². The fraction of sp³-hybridized carbons (Fsp3) is 0.333. The second kappa shape index (κ2) is 4.57. The second-order valence-electron chi connectivity index (χ2n) is 2.95. The van der Waals surface area contributed by atoms with Gasteiger partial charge in [0.05, 0.1) is 18.4 Å². The summed E-state index contributed by atoms with van der Waals surface area (Å²) in [5.74, 6) is -0.596. The Morgan fingerprint density at radius 3 is 3.00 bits per heavy atom. The average molecular weight is 196 g/mol. The number of nitrogens with zero attached hydrogens (tertiary/aromatic N) is 1. The predicted octanol–water partition coefficient (Wildman–Crippen LogP) is -0.102. The van der Waals surface area contributed by atoms with E-state index < -0.39 is 5.91 Å². The molecular weight excluding hydrogens is 184 g/mol. The van der Waals surface area contributed by atoms with E-state index in [0.29, 0.717) is 0 Å². The Hall–Kier alpha value is -1.62. The molecule has 1 amide bonds. The number of aromatic hydroxyl groups is 1. The van der Waals surface area contributed by atoms with Crippen molar-refractivity contribution in [2.75, 3.05) is 6.61 Å². The third-order valence-electron chi connectivity index (χ3n) is 1.70. The van der Waals surface area contributed by atoms with Gasteiger partial charge in [-0.3, -0.25) is 9.78 Å². The molecule has 76 valence electrons. The van der Waals surface area contributed by atoms with Crippen molar-refractivity contribution in [3.63, 3.8) is 0 Å². The van der Waals surface area contributed by atoms with Crippen molar-refractivity contribution in [1.82, 2.24) is 10.3 Å². The summed E-state index contributed by atoms with van der Waals surface area (Å²) in [6.45, 7) is 1.52. The highest BCUT2D eigenvalue weighted by atomic mass is 16.3. The highest BCUT2D eigenvalue weighted by molar-refractivity contribution is 5.96. The van der Waals surface area contributed by atoms with E-state index >= 15 is 0 Å². The summed E-state index contributed by atoms with van der Waals surface area (Å²) in [4.78, 5) is 15.1. The lowest BCUT2D eigenvalue weighted by Gasteiger charge is -2.10. The van der Waals surface area contributed by atoms with E-state index in [4.69, 9.17) is 5.11 Å². The Morgan fingerprint density at radius 1 is 1.71 bits per heavy atom. The smallest absolute Gasteiger partial charge is 0.255 e. The van der Waals surface area contributed by atoms with Gasteiger partial charge in [0.2, 0.25) is 0 Å². The molecule has 14 heavy (non-hydrogen) atoms. The van der Waals surface area contributed by atoms with E-state index in [9.17, 15) is 9.90 Å². The molecule has 1 aromatic heterocycles. The highest BCUT2D eigenvalue weighted by Crippen LogP contribution is 2.13. The molecule has 1 atom stereocenters. The monoisotopic (exact) mass is 196 g/mol. The molecule has 0 saturated heterocycles. The van der Waals surface area contributed by atoms with Crippen molar-refractivity contribution in [3.05, 3.63) is 24.0 Å². The van der Waals surface area contributed by atoms with Gasteiger partial charge in [0.25, 0.3) is 5.91 Å². The second-order valence-corrected chi connectivity index (χ2v) is 2.95. The van der Waals surface area contributed by atoms with Crippen molar-refractivity contribution in [2.24, 2.45) is 0 Å². The van der Waals surface area contributed by atoms with Crippen LogP contribution in [0.25, 0.3) is 0 Å². The minimum Gasteiger partial charge on any atom is -0.505 e. The lowest BCUT2D eigenvalue weighted by atomic mass is 10.2. The van der Waals surface area contributed by atoms with Crippen LogP contribution in [0, 0.1) is 0 Å². The van der Waals surface area contributed by atoms with Crippen LogP contribution in [0.1, 0.15) is 17.3 Å². The van der Waals surface area contributed by atoms with Crippen LogP contribution in [-0.4, -0.2) is 33.8 Å². The Balaban J connectivity index is 2.75. The Bertz CT molecular complexity index is 328. The summed E-state index contributed by atoms with van der Waals surface area (Å²) in [6, 6.07) is 1.07. The van der Waals surface area contributed by atoms with Crippen LogP contribution in [0.2, 0.25) is 0 Å². The summed E-state index contributed by atoms with van der Waals surface area (Å²) in [7, 11) is 0. The first-order valence-corrected chi connectivity index (χ1v) is 4.20. The number of pyridine rings is 1. The van der Waals surface area contributed by atoms with E-state index in [1.807, 2.05) is 0 Å². The molecule has 1 rings (SSSR count). The zero-order valence-corrected chi connectivity index (χ0v) is 7.77. The fourth-order valence-electron chi connectivity index (χ4n) is 0.925. The van der Waals surface area contributed by atoms with E-state index in [1.165, 1.54) is 18.5 Å². The number of aliphatic hydroxyl groups excluding tert-OH is 1. The van der Waals surface area contributed by atoms with Crippen LogP contribution in [-0.2, 0) is 0 Å². The molecule has 0 spiro atoms. The van der Waals surface area contributed by atoms with Gasteiger partial charge in [0.1, 0.15) is 5.75 Å². The summed E-state index contributed by atoms with van der Waals surface area (Å²) in [6.07, 6.45) is 2.61. The summed E-state index contributed by atoms with van der Waals surface area (Å²) >= 11 is 0. The lowest BCUT2D eigenvalue weighted by molar-refractivity contribution is 0.0919. The molecule has 0 aromatic carbocycles. The third kappa shape index (κ3) is 2.43. The van der Waals surface area contributed by atoms with Crippen LogP contribution in [0.3, 0.4) is 0 Å². The van der Waals surface area contributed by atoms with Crippen molar-refractivity contribution < 1.29 is 15.0 Å². The van der Waals surface area contributed by atoms with Gasteiger partial charge >= 0.3 is 0 Å². The standard InChI is InChI=1S/C9H12N2O3/c1-6(5-12)11-9(14)7-2-3-10-4-8(7)13/h2-4,6,12-13H,5H2,1H3,(H,11,14)/t6-/m0/s1. The Morgan fingerprint density at radius 2 is 2.43 bits per heavy atom. The largest absolute Gasteiger partial charge is 0.505 e. The Kier molecular flexibility index (Phi) is 3.41. The molecule has 0 fully saturated rings. The quantitative estimate of drug-likeness (QED) is 0.630. The maximum Gasteiger partial charge on any atom is 0.255 e. The van der Waals surface area contributed by atoms with Crippen LogP contribution in [0.5, 0.6) is 5.75 Å². The van der Waals surface area contributed by atoms with E-state index in [0.717, 1.165) is 0 Å². The summed E-state index contributed by atoms with van der Waals surface area (Å²) < 4.78 is 0. The van der Waals surface area contributed by atoms with Gasteiger partial charge in [-0.2, -0.15) is 0 Å². The lowest BCUT2D eigenvalue weighted by Crippen LogP contribution is -2.35. The van der Waals surface area contributed by atoms with Crippen molar-refractivity contribution in [2.45, 2.75) is 13.0 Å². The Labute approximate surface area is 81.4 Å². The van der Waals surface area contributed by atoms with Gasteiger partial charge < -0.3 is 15.5 Å². The third-order valence-corrected chi connectivity index (χ3v) is 1.70. The van der Waals surface area contributed by atoms with Gasteiger partial charge in [0, 0.05) is 12.2 Å². The molecular formula is C9H12N2O3. The molecule has 3 N–H and O–H groups in total. The minimum absolute atomic E-state index is 0.141. The zero-order chi connectivity index (χ0) is 10.6. The van der Waals surface area contributed by atoms with E-state index in [-0.39, 0.29) is 24.0 Å². The van der Waals surface area contributed by atoms with Crippen LogP contribution < -0.4 is 5.32 Å². The molecule has 1 heterocycles. The molecule has 0 aliphatic carbocycles. The van der Waals surface area contributed by atoms with Crippen LogP contribution in [0.15, 0.2) is 18.5 Å². The first kappa shape index (κ1) is 10.5. The molecule has 0 saturated carbocycles. The molecule has 0 bridgehead atoms. The number of rotatable bonds is 3. The maximum absolute atomic E-state index is 11.4. The van der Waals surface area contributed by atoms with Crippen LogP contribution in [0.4, 0.5) is 0 Å². The highest BCUT2D eigenvalue weighted by Gasteiger charge is 2.12. The molecule has 0 aliphatic rings. The van der Waals surface area contributed by atoms with Gasteiger partial charge in [-0.15, -0.1) is 0 Å². The van der Waals surface area contributed by atoms with Gasteiger partial charge in [-0.1, -0.05) is 0 Å². The number of hydrogen-bond acceptors (Lipinski definition) is 4. The number of carbonyl (C=O) groups excluding carboxylic acids is 1. The molecule has 0 radical (unpaired) electrons. The SMILES string of the molecule is C[C@@H](CO)NC(=O)c1ccncc1O. The average Bonchev–Trinajstić information content (AvgIpc) is 2.18. The number of hydrogen-bond donors (Lipinski definition) is 3. The van der Waals surface area contributed by atoms with E-state index in [1.54, 1.807) is 6.92 Å². The molecule has 0 aliphatic heterocycles. The summed E-state index contributed by atoms with van der Waals surface area (Å²) in [5, 5.41) is 20.5. The predicted molar refractivity (Wildman–Crippen MR) is 49.9 cm³/mol. The molecule has 5 heteroatoms. The first-order valence-electron chi connectivity index (χ1n) is 4.20. The number of aromatic nitrogens is 1. The zero-order valence-electron chi connectivity index (χ0n) is 7.77. The van der Waals surface area contributed by atoms with Crippen molar-refractivity contribution in [1.29, 1.82) is 0 Å². The minimum atomic E-state index is -0.425. The first-order chi connectivity index (χ1) is 6.65. The van der Waals surface area contributed by atoms with Crippen molar-refractivity contribution >= 4 is 5.91 Å². The normalized spacial score (nSPS) is 12.1. The molecule has 0 unspecified atom stereocenters. The maximum atomic E-state index is 11.4. The number of amides is 1. The fourth-order valence-corrected chi connectivity index (χ4v) is 0.925. The van der Waals surface area contributed by atoms with Gasteiger partial charge in [-0.25, -0.2) is 0 Å². The topological polar surface area (TPSA) is 82.5 Å². The van der Waals surface area contributed by atoms with Crippen LogP contribution >= 0.6 is 0 Å². The number of aliphatic hydroxyl groups is 1. The summed E-state index contributed by atoms with van der Waals surface area (Å²) in [5.41, 5.74) is 0.153.